The number of hydrogen-bond acceptors (Lipinski definition) is 3. The van der Waals surface area contributed by atoms with Gasteiger partial charge in [-0.1, -0.05) is 35.9 Å². The Morgan fingerprint density at radius 1 is 1.08 bits per heavy atom. The van der Waals surface area contributed by atoms with E-state index in [1.54, 1.807) is 16.8 Å². The normalized spacial score (nSPS) is 10.5. The van der Waals surface area contributed by atoms with E-state index in [0.717, 1.165) is 11.1 Å². The number of rotatable bonds is 5. The van der Waals surface area contributed by atoms with Crippen molar-refractivity contribution in [1.29, 1.82) is 0 Å². The highest BCUT2D eigenvalue weighted by molar-refractivity contribution is 5.95. The van der Waals surface area contributed by atoms with E-state index in [1.807, 2.05) is 49.4 Å². The minimum Gasteiger partial charge on any atom is -0.350 e. The van der Waals surface area contributed by atoms with Gasteiger partial charge in [-0.2, -0.15) is 5.10 Å². The van der Waals surface area contributed by atoms with Crippen LogP contribution in [0.2, 0.25) is 0 Å². The summed E-state index contributed by atoms with van der Waals surface area (Å²) in [6, 6.07) is 15.2. The van der Waals surface area contributed by atoms with Crippen LogP contribution in [0.15, 0.2) is 54.7 Å². The molecule has 0 atom stereocenters. The molecule has 0 radical (unpaired) electrons. The molecule has 2 heterocycles. The Labute approximate surface area is 139 Å². The number of fused-ring (bicyclic) bond motifs is 1. The molecular weight excluding hydrogens is 304 g/mol. The topological polar surface area (TPSA) is 75.5 Å². The van der Waals surface area contributed by atoms with Crippen LogP contribution < -0.4 is 10.6 Å². The molecule has 6 heteroatoms. The summed E-state index contributed by atoms with van der Waals surface area (Å²) in [6.45, 7) is 2.36. The summed E-state index contributed by atoms with van der Waals surface area (Å²) in [7, 11) is 0. The summed E-state index contributed by atoms with van der Waals surface area (Å²) in [5.41, 5.74) is 3.30. The van der Waals surface area contributed by atoms with E-state index in [0.29, 0.717) is 6.54 Å². The zero-order valence-corrected chi connectivity index (χ0v) is 13.3. The van der Waals surface area contributed by atoms with Crippen LogP contribution in [0.5, 0.6) is 0 Å². The number of nitrogens with zero attached hydrogens (tertiary/aromatic N) is 2. The summed E-state index contributed by atoms with van der Waals surface area (Å²) in [5.74, 6) is -0.614. The third-order valence-electron chi connectivity index (χ3n) is 3.62. The lowest BCUT2D eigenvalue weighted by Crippen LogP contribution is -2.36. The molecule has 0 saturated heterocycles. The Morgan fingerprint density at radius 2 is 1.88 bits per heavy atom. The van der Waals surface area contributed by atoms with Gasteiger partial charge in [0.15, 0.2) is 5.69 Å². The fourth-order valence-electron chi connectivity index (χ4n) is 2.27. The Balaban J connectivity index is 1.50. The molecule has 3 aromatic rings. The summed E-state index contributed by atoms with van der Waals surface area (Å²) in [4.78, 5) is 23.9. The summed E-state index contributed by atoms with van der Waals surface area (Å²) in [6.07, 6.45) is 1.76. The van der Waals surface area contributed by atoms with Crippen molar-refractivity contribution in [2.24, 2.45) is 0 Å². The van der Waals surface area contributed by atoms with Gasteiger partial charge in [0.2, 0.25) is 5.91 Å². The van der Waals surface area contributed by atoms with Crippen LogP contribution >= 0.6 is 0 Å². The molecule has 2 amide bonds. The van der Waals surface area contributed by atoms with E-state index in [1.165, 1.54) is 5.56 Å². The Bertz CT molecular complexity index is 835. The number of benzene rings is 1. The molecule has 0 saturated carbocycles. The maximum Gasteiger partial charge on any atom is 0.272 e. The molecule has 24 heavy (non-hydrogen) atoms. The number of carbonyl (C=O) groups is 2. The highest BCUT2D eigenvalue weighted by Crippen LogP contribution is 2.05. The maximum atomic E-state index is 12.1. The molecule has 1 aromatic carbocycles. The highest BCUT2D eigenvalue weighted by atomic mass is 16.2. The average Bonchev–Trinajstić information content (AvgIpc) is 3.03. The highest BCUT2D eigenvalue weighted by Gasteiger charge is 2.11. The quantitative estimate of drug-likeness (QED) is 0.750. The molecule has 0 aliphatic carbocycles. The van der Waals surface area contributed by atoms with Crippen molar-refractivity contribution in [1.82, 2.24) is 20.2 Å². The van der Waals surface area contributed by atoms with Gasteiger partial charge in [0.05, 0.1) is 12.1 Å². The lowest BCUT2D eigenvalue weighted by atomic mass is 10.1. The van der Waals surface area contributed by atoms with E-state index in [-0.39, 0.29) is 24.1 Å². The molecule has 0 fully saturated rings. The first-order valence-corrected chi connectivity index (χ1v) is 7.67. The van der Waals surface area contributed by atoms with Gasteiger partial charge in [-0.05, 0) is 30.7 Å². The Kier molecular flexibility index (Phi) is 4.56. The first kappa shape index (κ1) is 15.7. The SMILES string of the molecule is Cc1ccc(CNC(=O)CNC(=O)c2cc3ccccn3n2)cc1. The lowest BCUT2D eigenvalue weighted by Gasteiger charge is -2.06. The van der Waals surface area contributed by atoms with E-state index in [4.69, 9.17) is 0 Å². The van der Waals surface area contributed by atoms with Gasteiger partial charge in [-0.3, -0.25) is 9.59 Å². The first-order valence-electron chi connectivity index (χ1n) is 7.67. The summed E-state index contributed by atoms with van der Waals surface area (Å²) < 4.78 is 1.62. The molecule has 0 bridgehead atoms. The molecule has 0 unspecified atom stereocenters. The molecule has 122 valence electrons. The molecule has 0 aliphatic rings. The standard InChI is InChI=1S/C18H18N4O2/c1-13-5-7-14(8-6-13)11-19-17(23)12-20-18(24)16-10-15-4-2-3-9-22(15)21-16/h2-10H,11-12H2,1H3,(H,19,23)(H,20,24). The van der Waals surface area contributed by atoms with Crippen LogP contribution in [0, 0.1) is 6.92 Å². The predicted octanol–water partition coefficient (Wildman–Crippen LogP) is 1.69. The van der Waals surface area contributed by atoms with Gasteiger partial charge in [-0.25, -0.2) is 4.52 Å². The first-order chi connectivity index (χ1) is 11.6. The van der Waals surface area contributed by atoms with Crippen LogP contribution in [0.25, 0.3) is 5.52 Å². The van der Waals surface area contributed by atoms with Crippen molar-refractivity contribution < 1.29 is 9.59 Å². The lowest BCUT2D eigenvalue weighted by molar-refractivity contribution is -0.120. The summed E-state index contributed by atoms with van der Waals surface area (Å²) in [5, 5.41) is 9.52. The van der Waals surface area contributed by atoms with Crippen molar-refractivity contribution in [2.45, 2.75) is 13.5 Å². The van der Waals surface area contributed by atoms with E-state index in [9.17, 15) is 9.59 Å². The van der Waals surface area contributed by atoms with Gasteiger partial charge in [0.1, 0.15) is 0 Å². The van der Waals surface area contributed by atoms with Crippen LogP contribution in [0.4, 0.5) is 0 Å². The fourth-order valence-corrected chi connectivity index (χ4v) is 2.27. The van der Waals surface area contributed by atoms with Crippen molar-refractivity contribution in [2.75, 3.05) is 6.54 Å². The third kappa shape index (κ3) is 3.78. The third-order valence-corrected chi connectivity index (χ3v) is 3.62. The molecule has 0 spiro atoms. The van der Waals surface area contributed by atoms with Crippen molar-refractivity contribution in [3.05, 3.63) is 71.5 Å². The second-order valence-electron chi connectivity index (χ2n) is 5.54. The number of aromatic nitrogens is 2. The van der Waals surface area contributed by atoms with Crippen molar-refractivity contribution in [3.8, 4) is 0 Å². The van der Waals surface area contributed by atoms with Gasteiger partial charge >= 0.3 is 0 Å². The van der Waals surface area contributed by atoms with Gasteiger partial charge in [0.25, 0.3) is 5.91 Å². The van der Waals surface area contributed by atoms with Crippen molar-refractivity contribution in [3.63, 3.8) is 0 Å². The fraction of sp³-hybridized carbons (Fsp3) is 0.167. The second-order valence-corrected chi connectivity index (χ2v) is 5.54. The molecule has 3 rings (SSSR count). The molecular formula is C18H18N4O2. The molecule has 2 N–H and O–H groups in total. The van der Waals surface area contributed by atoms with Crippen LogP contribution in [-0.2, 0) is 11.3 Å². The number of amides is 2. The van der Waals surface area contributed by atoms with Crippen LogP contribution in [0.1, 0.15) is 21.6 Å². The van der Waals surface area contributed by atoms with Gasteiger partial charge in [-0.15, -0.1) is 0 Å². The van der Waals surface area contributed by atoms with E-state index >= 15 is 0 Å². The monoisotopic (exact) mass is 322 g/mol. The van der Waals surface area contributed by atoms with Crippen molar-refractivity contribution >= 4 is 17.3 Å². The number of nitrogens with one attached hydrogen (secondary N) is 2. The van der Waals surface area contributed by atoms with Gasteiger partial charge < -0.3 is 10.6 Å². The molecule has 2 aromatic heterocycles. The smallest absolute Gasteiger partial charge is 0.272 e. The minimum atomic E-state index is -0.371. The summed E-state index contributed by atoms with van der Waals surface area (Å²) >= 11 is 0. The number of aryl methyl sites for hydroxylation is 1. The molecule has 0 aliphatic heterocycles. The minimum absolute atomic E-state index is 0.0848. The Hall–Kier alpha value is -3.15. The average molecular weight is 322 g/mol. The maximum absolute atomic E-state index is 12.1. The largest absolute Gasteiger partial charge is 0.350 e. The second kappa shape index (κ2) is 6.95. The van der Waals surface area contributed by atoms with Gasteiger partial charge in [0, 0.05) is 12.7 Å². The van der Waals surface area contributed by atoms with Crippen LogP contribution in [0.3, 0.4) is 0 Å². The Morgan fingerprint density at radius 3 is 2.62 bits per heavy atom. The van der Waals surface area contributed by atoms with E-state index in [2.05, 4.69) is 15.7 Å². The zero-order chi connectivity index (χ0) is 16.9. The predicted molar refractivity (Wildman–Crippen MR) is 90.6 cm³/mol. The number of pyridine rings is 1. The molecule has 6 nitrogen and oxygen atoms in total. The number of carbonyl (C=O) groups excluding carboxylic acids is 2. The van der Waals surface area contributed by atoms with E-state index < -0.39 is 0 Å². The van der Waals surface area contributed by atoms with Crippen LogP contribution in [-0.4, -0.2) is 28.0 Å². The zero-order valence-electron chi connectivity index (χ0n) is 13.3. The number of hydrogen-bond donors (Lipinski definition) is 2.